The molecule has 2 nitrogen and oxygen atoms in total. The molecule has 0 aromatic rings. The molecule has 10 atom stereocenters. The van der Waals surface area contributed by atoms with Crippen LogP contribution in [0.1, 0.15) is 196 Å². The smallest absolute Gasteiger partial charge is 0.306 e. The van der Waals surface area contributed by atoms with Crippen molar-refractivity contribution in [1.82, 2.24) is 0 Å². The SMILES string of the molecule is CCCCCC=CCC=CCCCCCCCC(=O)OC1CC[C@@]2(C)C(CC[C@H]3[C@@H]4CC[C@H]([C@H](C)CC[C@H](C)C(C)C)[C@@]4(C)CC[C@@H]32)C1. The molecule has 276 valence electrons. The molecule has 0 radical (unpaired) electrons. The number of fused-ring (bicyclic) bond motifs is 5. The van der Waals surface area contributed by atoms with Crippen molar-refractivity contribution in [3.05, 3.63) is 24.3 Å². The molecule has 2 heteroatoms. The Kier molecular flexibility index (Phi) is 16.2. The van der Waals surface area contributed by atoms with Crippen LogP contribution in [0.5, 0.6) is 0 Å². The van der Waals surface area contributed by atoms with E-state index >= 15 is 0 Å². The van der Waals surface area contributed by atoms with E-state index in [0.717, 1.165) is 79.4 Å². The van der Waals surface area contributed by atoms with Crippen molar-refractivity contribution >= 4 is 5.97 Å². The first-order chi connectivity index (χ1) is 23.1. The molecule has 4 aliphatic carbocycles. The molecule has 0 spiro atoms. The molecule has 0 amide bonds. The number of unbranched alkanes of at least 4 members (excludes halogenated alkanes) is 8. The molecule has 0 saturated heterocycles. The highest BCUT2D eigenvalue weighted by molar-refractivity contribution is 5.69. The standard InChI is InChI=1S/C46H80O2/c1-8-9-10-11-12-13-14-15-16-17-18-19-20-21-22-23-44(47)48-39-30-32-45(6)38(34-39)26-27-40-42-29-28-41(46(42,7)33-31-43(40)45)37(5)25-24-36(4)35(2)3/h12-13,15-16,35-43H,8-11,14,17-34H2,1-7H3/t36-,37+,38?,39?,40-,41+,42-,43-,45-,46+/m0/s1. The predicted molar refractivity (Wildman–Crippen MR) is 207 cm³/mol. The molecule has 0 aromatic heterocycles. The molecule has 0 aromatic carbocycles. The van der Waals surface area contributed by atoms with E-state index in [4.69, 9.17) is 4.74 Å². The first-order valence-corrected chi connectivity index (χ1v) is 21.6. The average molecular weight is 665 g/mol. The van der Waals surface area contributed by atoms with Gasteiger partial charge in [0.05, 0.1) is 0 Å². The van der Waals surface area contributed by atoms with Crippen LogP contribution in [0.25, 0.3) is 0 Å². The lowest BCUT2D eigenvalue weighted by atomic mass is 9.44. The number of carbonyl (C=O) groups excluding carboxylic acids is 1. The Morgan fingerprint density at radius 2 is 1.40 bits per heavy atom. The summed E-state index contributed by atoms with van der Waals surface area (Å²) in [6.45, 7) is 17.5. The fourth-order valence-electron chi connectivity index (χ4n) is 11.7. The number of hydrogen-bond donors (Lipinski definition) is 0. The third-order valence-corrected chi connectivity index (χ3v) is 15.2. The van der Waals surface area contributed by atoms with Crippen molar-refractivity contribution in [2.75, 3.05) is 0 Å². The van der Waals surface area contributed by atoms with Gasteiger partial charge in [0.15, 0.2) is 0 Å². The van der Waals surface area contributed by atoms with E-state index in [1.54, 1.807) is 0 Å². The lowest BCUT2D eigenvalue weighted by Gasteiger charge is -2.61. The maximum atomic E-state index is 12.8. The van der Waals surface area contributed by atoms with Crippen LogP contribution in [0.15, 0.2) is 24.3 Å². The quantitative estimate of drug-likeness (QED) is 0.0735. The topological polar surface area (TPSA) is 26.3 Å². The highest BCUT2D eigenvalue weighted by atomic mass is 16.5. The maximum absolute atomic E-state index is 12.8. The van der Waals surface area contributed by atoms with Crippen LogP contribution in [-0.4, -0.2) is 12.1 Å². The predicted octanol–water partition coefficient (Wildman–Crippen LogP) is 14.1. The van der Waals surface area contributed by atoms with E-state index in [-0.39, 0.29) is 12.1 Å². The molecule has 0 N–H and O–H groups in total. The Balaban J connectivity index is 1.12. The molecular formula is C46H80O2. The van der Waals surface area contributed by atoms with Crippen LogP contribution < -0.4 is 0 Å². The summed E-state index contributed by atoms with van der Waals surface area (Å²) in [6.07, 6.45) is 38.5. The Labute approximate surface area is 299 Å². The van der Waals surface area contributed by atoms with Crippen molar-refractivity contribution in [2.45, 2.75) is 202 Å². The number of carbonyl (C=O) groups is 1. The third-order valence-electron chi connectivity index (χ3n) is 15.2. The highest BCUT2D eigenvalue weighted by Gasteiger charge is 2.60. The van der Waals surface area contributed by atoms with Crippen LogP contribution in [0.2, 0.25) is 0 Å². The van der Waals surface area contributed by atoms with Crippen molar-refractivity contribution < 1.29 is 9.53 Å². The minimum absolute atomic E-state index is 0.0744. The first kappa shape index (κ1) is 39.7. The van der Waals surface area contributed by atoms with Gasteiger partial charge in [-0.15, -0.1) is 0 Å². The summed E-state index contributed by atoms with van der Waals surface area (Å²) in [4.78, 5) is 12.8. The summed E-state index contributed by atoms with van der Waals surface area (Å²) in [5.41, 5.74) is 1.03. The van der Waals surface area contributed by atoms with Crippen molar-refractivity contribution in [3.63, 3.8) is 0 Å². The molecule has 4 saturated carbocycles. The van der Waals surface area contributed by atoms with Crippen LogP contribution in [0.4, 0.5) is 0 Å². The van der Waals surface area contributed by atoms with E-state index in [0.29, 0.717) is 17.3 Å². The van der Waals surface area contributed by atoms with Crippen LogP contribution in [-0.2, 0) is 9.53 Å². The summed E-state index contributed by atoms with van der Waals surface area (Å²) in [5, 5.41) is 0. The molecule has 0 heterocycles. The first-order valence-electron chi connectivity index (χ1n) is 21.6. The molecule has 4 rings (SSSR count). The monoisotopic (exact) mass is 665 g/mol. The summed E-state index contributed by atoms with van der Waals surface area (Å²) in [7, 11) is 0. The average Bonchev–Trinajstić information content (AvgIpc) is 3.42. The Bertz CT molecular complexity index is 994. The van der Waals surface area contributed by atoms with E-state index < -0.39 is 0 Å². The Morgan fingerprint density at radius 1 is 0.729 bits per heavy atom. The molecule has 2 unspecified atom stereocenters. The van der Waals surface area contributed by atoms with E-state index in [1.807, 2.05) is 0 Å². The summed E-state index contributed by atoms with van der Waals surface area (Å²) in [6, 6.07) is 0. The van der Waals surface area contributed by atoms with Gasteiger partial charge in [0, 0.05) is 6.42 Å². The van der Waals surface area contributed by atoms with Gasteiger partial charge in [-0.2, -0.15) is 0 Å². The van der Waals surface area contributed by atoms with Crippen molar-refractivity contribution in [1.29, 1.82) is 0 Å². The zero-order valence-corrected chi connectivity index (χ0v) is 33.1. The van der Waals surface area contributed by atoms with Gasteiger partial charge < -0.3 is 4.74 Å². The van der Waals surface area contributed by atoms with Crippen LogP contribution in [0, 0.1) is 58.2 Å². The van der Waals surface area contributed by atoms with Gasteiger partial charge in [-0.05, 0) is 154 Å². The van der Waals surface area contributed by atoms with Gasteiger partial charge in [0.1, 0.15) is 6.10 Å². The van der Waals surface area contributed by atoms with Crippen LogP contribution in [0.3, 0.4) is 0 Å². The van der Waals surface area contributed by atoms with Crippen LogP contribution >= 0.6 is 0 Å². The van der Waals surface area contributed by atoms with Crippen molar-refractivity contribution in [3.8, 4) is 0 Å². The zero-order chi connectivity index (χ0) is 34.6. The highest BCUT2D eigenvalue weighted by Crippen LogP contribution is 2.68. The minimum Gasteiger partial charge on any atom is -0.462 e. The fourth-order valence-corrected chi connectivity index (χ4v) is 11.7. The number of ether oxygens (including phenoxy) is 1. The Hall–Kier alpha value is -1.05. The van der Waals surface area contributed by atoms with Gasteiger partial charge in [0.25, 0.3) is 0 Å². The van der Waals surface area contributed by atoms with Crippen molar-refractivity contribution in [2.24, 2.45) is 58.2 Å². The largest absolute Gasteiger partial charge is 0.462 e. The molecule has 0 bridgehead atoms. The van der Waals surface area contributed by atoms with E-state index in [2.05, 4.69) is 72.8 Å². The second-order valence-electron chi connectivity index (χ2n) is 18.5. The Morgan fingerprint density at radius 3 is 2.12 bits per heavy atom. The number of hydrogen-bond acceptors (Lipinski definition) is 2. The lowest BCUT2D eigenvalue weighted by Crippen LogP contribution is -2.54. The fraction of sp³-hybridized carbons (Fsp3) is 0.891. The maximum Gasteiger partial charge on any atom is 0.306 e. The summed E-state index contributed by atoms with van der Waals surface area (Å²) < 4.78 is 6.17. The number of rotatable bonds is 20. The minimum atomic E-state index is 0.0744. The van der Waals surface area contributed by atoms with E-state index in [9.17, 15) is 4.79 Å². The summed E-state index contributed by atoms with van der Waals surface area (Å²) >= 11 is 0. The third kappa shape index (κ3) is 10.5. The van der Waals surface area contributed by atoms with Gasteiger partial charge in [-0.1, -0.05) is 118 Å². The number of allylic oxidation sites excluding steroid dienone is 4. The molecule has 4 aliphatic rings. The lowest BCUT2D eigenvalue weighted by molar-refractivity contribution is -0.162. The second-order valence-corrected chi connectivity index (χ2v) is 18.5. The van der Waals surface area contributed by atoms with Gasteiger partial charge in [-0.25, -0.2) is 0 Å². The zero-order valence-electron chi connectivity index (χ0n) is 33.1. The number of esters is 1. The summed E-state index contributed by atoms with van der Waals surface area (Å²) in [5.74, 6) is 7.08. The van der Waals surface area contributed by atoms with Gasteiger partial charge in [-0.3, -0.25) is 4.79 Å². The van der Waals surface area contributed by atoms with Gasteiger partial charge >= 0.3 is 5.97 Å². The molecular weight excluding hydrogens is 585 g/mol. The second kappa shape index (κ2) is 19.5. The molecule has 48 heavy (non-hydrogen) atoms. The normalized spacial score (nSPS) is 34.7. The van der Waals surface area contributed by atoms with Gasteiger partial charge in [0.2, 0.25) is 0 Å². The molecule has 4 fully saturated rings. The molecule has 0 aliphatic heterocycles. The van der Waals surface area contributed by atoms with E-state index in [1.165, 1.54) is 109 Å².